The molecule has 0 saturated carbocycles. The van der Waals surface area contributed by atoms with Gasteiger partial charge < -0.3 is 0 Å². The molecule has 160 valence electrons. The second-order valence-corrected chi connectivity index (χ2v) is 10.3. The number of aromatic nitrogens is 2. The molecule has 2 aliphatic heterocycles. The van der Waals surface area contributed by atoms with Crippen LogP contribution in [0.4, 0.5) is 5.82 Å². The molecule has 0 aliphatic carbocycles. The van der Waals surface area contributed by atoms with Crippen molar-refractivity contribution in [1.82, 2.24) is 14.3 Å². The third-order valence-corrected chi connectivity index (χ3v) is 7.91. The summed E-state index contributed by atoms with van der Waals surface area (Å²) in [6.07, 6.45) is 2.82. The van der Waals surface area contributed by atoms with Crippen molar-refractivity contribution in [1.29, 1.82) is 0 Å². The number of nitrogens with zero attached hydrogens (tertiary/aromatic N) is 4. The van der Waals surface area contributed by atoms with Crippen molar-refractivity contribution in [2.75, 3.05) is 30.3 Å². The third kappa shape index (κ3) is 4.11. The number of sulfonamides is 1. The lowest BCUT2D eigenvalue weighted by Gasteiger charge is -2.19. The number of hydrogen-bond donors (Lipinski definition) is 0. The number of carbonyl (C=O) groups is 1. The molecule has 0 N–H and O–H groups in total. The maximum Gasteiger partial charge on any atom is 0.232 e. The first-order chi connectivity index (χ1) is 14.4. The van der Waals surface area contributed by atoms with Gasteiger partial charge in [-0.2, -0.15) is 0 Å². The lowest BCUT2D eigenvalue weighted by atomic mass is 10.1. The second-order valence-electron chi connectivity index (χ2n) is 8.02. The Bertz CT molecular complexity index is 1040. The van der Waals surface area contributed by atoms with Crippen molar-refractivity contribution in [3.8, 4) is 0 Å². The smallest absolute Gasteiger partial charge is 0.232 e. The van der Waals surface area contributed by atoms with E-state index in [4.69, 9.17) is 4.98 Å². The van der Waals surface area contributed by atoms with Crippen LogP contribution in [-0.2, 0) is 27.7 Å². The van der Waals surface area contributed by atoms with Crippen molar-refractivity contribution < 1.29 is 13.2 Å². The molecule has 3 heterocycles. The molecule has 0 spiro atoms. The molecule has 8 heteroatoms. The van der Waals surface area contributed by atoms with E-state index in [0.29, 0.717) is 44.1 Å². The fourth-order valence-electron chi connectivity index (χ4n) is 4.27. The van der Waals surface area contributed by atoms with Gasteiger partial charge in [-0.25, -0.2) is 22.7 Å². The largest absolute Gasteiger partial charge is 0.296 e. The monoisotopic (exact) mass is 428 g/mol. The first kappa shape index (κ1) is 20.9. The molecule has 0 radical (unpaired) electrons. The number of fused-ring (bicyclic) bond motifs is 1. The Labute approximate surface area is 178 Å². The number of amides is 1. The quantitative estimate of drug-likeness (QED) is 0.676. The van der Waals surface area contributed by atoms with E-state index in [-0.39, 0.29) is 17.6 Å². The average Bonchev–Trinajstić information content (AvgIpc) is 3.35. The predicted octanol–water partition coefficient (Wildman–Crippen LogP) is 2.45. The van der Waals surface area contributed by atoms with E-state index in [1.54, 1.807) is 11.8 Å². The van der Waals surface area contributed by atoms with Gasteiger partial charge in [0.05, 0.1) is 12.2 Å². The third-order valence-electron chi connectivity index (χ3n) is 6.06. The standard InChI is InChI=1S/C22H28N4O3S/c1-3-30(28,29)25-13-11-18(15-25)21-23-16(2)19-14-20(27)26(22(19)24-21)12-7-10-17-8-5-4-6-9-17/h4-6,8-9,18H,3,7,10-15H2,1-2H3/t18-/m0/s1. The Kier molecular flexibility index (Phi) is 5.88. The molecule has 1 aromatic carbocycles. The highest BCUT2D eigenvalue weighted by Crippen LogP contribution is 2.33. The zero-order valence-corrected chi connectivity index (χ0v) is 18.4. The molecule has 4 rings (SSSR count). The Morgan fingerprint density at radius 3 is 2.67 bits per heavy atom. The van der Waals surface area contributed by atoms with Crippen LogP contribution >= 0.6 is 0 Å². The summed E-state index contributed by atoms with van der Waals surface area (Å²) >= 11 is 0. The van der Waals surface area contributed by atoms with Crippen LogP contribution in [0, 0.1) is 6.92 Å². The average molecular weight is 429 g/mol. The lowest BCUT2D eigenvalue weighted by Crippen LogP contribution is -2.30. The van der Waals surface area contributed by atoms with E-state index >= 15 is 0 Å². The normalized spacial score (nSPS) is 19.5. The highest BCUT2D eigenvalue weighted by Gasteiger charge is 2.36. The van der Waals surface area contributed by atoms with Crippen molar-refractivity contribution in [3.63, 3.8) is 0 Å². The SMILES string of the molecule is CCS(=O)(=O)N1CC[C@H](c2nc(C)c3c(n2)N(CCCc2ccccc2)C(=O)C3)C1. The summed E-state index contributed by atoms with van der Waals surface area (Å²) in [4.78, 5) is 23.9. The Balaban J connectivity index is 1.51. The number of rotatable bonds is 7. The van der Waals surface area contributed by atoms with Gasteiger partial charge >= 0.3 is 0 Å². The molecule has 7 nitrogen and oxygen atoms in total. The second kappa shape index (κ2) is 8.43. The van der Waals surface area contributed by atoms with E-state index in [1.807, 2.05) is 25.1 Å². The molecular formula is C22H28N4O3S. The molecule has 2 aromatic rings. The molecule has 0 bridgehead atoms. The molecule has 2 aliphatic rings. The van der Waals surface area contributed by atoms with Crippen LogP contribution in [0.2, 0.25) is 0 Å². The first-order valence-corrected chi connectivity index (χ1v) is 12.2. The van der Waals surface area contributed by atoms with Crippen LogP contribution in [0.25, 0.3) is 0 Å². The molecule has 30 heavy (non-hydrogen) atoms. The van der Waals surface area contributed by atoms with Gasteiger partial charge in [0, 0.05) is 36.8 Å². The summed E-state index contributed by atoms with van der Waals surface area (Å²) in [6, 6.07) is 10.2. The van der Waals surface area contributed by atoms with Crippen LogP contribution in [0.5, 0.6) is 0 Å². The zero-order valence-electron chi connectivity index (χ0n) is 17.5. The minimum Gasteiger partial charge on any atom is -0.296 e. The summed E-state index contributed by atoms with van der Waals surface area (Å²) < 4.78 is 25.9. The van der Waals surface area contributed by atoms with Crippen LogP contribution in [0.15, 0.2) is 30.3 Å². The molecular weight excluding hydrogens is 400 g/mol. The molecule has 1 atom stereocenters. The minimum absolute atomic E-state index is 0.0304. The summed E-state index contributed by atoms with van der Waals surface area (Å²) in [6.45, 7) is 5.12. The molecule has 1 saturated heterocycles. The fourth-order valence-corrected chi connectivity index (χ4v) is 5.43. The van der Waals surface area contributed by atoms with Crippen molar-refractivity contribution in [3.05, 3.63) is 53.0 Å². The highest BCUT2D eigenvalue weighted by molar-refractivity contribution is 7.89. The van der Waals surface area contributed by atoms with Crippen molar-refractivity contribution >= 4 is 21.7 Å². The fraction of sp³-hybridized carbons (Fsp3) is 0.500. The van der Waals surface area contributed by atoms with Crippen LogP contribution in [0.1, 0.15) is 48.3 Å². The molecule has 1 fully saturated rings. The van der Waals surface area contributed by atoms with Gasteiger partial charge in [-0.15, -0.1) is 0 Å². The summed E-state index contributed by atoms with van der Waals surface area (Å²) in [5.41, 5.74) is 2.98. The number of aryl methyl sites for hydroxylation is 2. The van der Waals surface area contributed by atoms with Gasteiger partial charge in [-0.3, -0.25) is 9.69 Å². The number of benzene rings is 1. The highest BCUT2D eigenvalue weighted by atomic mass is 32.2. The van der Waals surface area contributed by atoms with Crippen LogP contribution in [0.3, 0.4) is 0 Å². The van der Waals surface area contributed by atoms with Gasteiger partial charge in [-0.05, 0) is 38.7 Å². The van der Waals surface area contributed by atoms with E-state index in [1.165, 1.54) is 9.87 Å². The lowest BCUT2D eigenvalue weighted by molar-refractivity contribution is -0.117. The molecule has 1 aromatic heterocycles. The van der Waals surface area contributed by atoms with E-state index in [0.717, 1.165) is 24.1 Å². The zero-order chi connectivity index (χ0) is 21.3. The predicted molar refractivity (Wildman–Crippen MR) is 116 cm³/mol. The van der Waals surface area contributed by atoms with Gasteiger partial charge in [-0.1, -0.05) is 30.3 Å². The van der Waals surface area contributed by atoms with Crippen molar-refractivity contribution in [2.45, 2.75) is 45.4 Å². The number of carbonyl (C=O) groups excluding carboxylic acids is 1. The van der Waals surface area contributed by atoms with E-state index in [2.05, 4.69) is 17.1 Å². The van der Waals surface area contributed by atoms with Gasteiger partial charge in [0.1, 0.15) is 11.6 Å². The maximum absolute atomic E-state index is 12.7. The number of hydrogen-bond acceptors (Lipinski definition) is 5. The summed E-state index contributed by atoms with van der Waals surface area (Å²) in [5.74, 6) is 1.51. The van der Waals surface area contributed by atoms with E-state index in [9.17, 15) is 13.2 Å². The van der Waals surface area contributed by atoms with Gasteiger partial charge in [0.25, 0.3) is 0 Å². The topological polar surface area (TPSA) is 83.5 Å². The molecule has 1 amide bonds. The van der Waals surface area contributed by atoms with Crippen molar-refractivity contribution in [2.24, 2.45) is 0 Å². The molecule has 0 unspecified atom stereocenters. The van der Waals surface area contributed by atoms with Gasteiger partial charge in [0.2, 0.25) is 15.9 Å². The Hall–Kier alpha value is -2.32. The van der Waals surface area contributed by atoms with Crippen LogP contribution in [-0.4, -0.2) is 54.0 Å². The minimum atomic E-state index is -3.21. The maximum atomic E-state index is 12.7. The van der Waals surface area contributed by atoms with Gasteiger partial charge in [0.15, 0.2) is 0 Å². The Morgan fingerprint density at radius 1 is 1.17 bits per heavy atom. The first-order valence-electron chi connectivity index (χ1n) is 10.6. The Morgan fingerprint density at radius 2 is 1.93 bits per heavy atom. The van der Waals surface area contributed by atoms with Crippen LogP contribution < -0.4 is 4.90 Å². The van der Waals surface area contributed by atoms with E-state index < -0.39 is 10.0 Å². The summed E-state index contributed by atoms with van der Waals surface area (Å²) in [5, 5.41) is 0. The summed E-state index contributed by atoms with van der Waals surface area (Å²) in [7, 11) is -3.21. The number of anilines is 1.